The van der Waals surface area contributed by atoms with Crippen LogP contribution in [0.3, 0.4) is 0 Å². The first kappa shape index (κ1) is 12.0. The molecular formula is C12H12ClNS2. The molecule has 0 aliphatic heterocycles. The second-order valence-electron chi connectivity index (χ2n) is 3.33. The van der Waals surface area contributed by atoms with E-state index in [1.54, 1.807) is 23.1 Å². The van der Waals surface area contributed by atoms with Gasteiger partial charge in [0.1, 0.15) is 5.01 Å². The largest absolute Gasteiger partial charge is 0.237 e. The third-order valence-corrected chi connectivity index (χ3v) is 4.41. The van der Waals surface area contributed by atoms with Gasteiger partial charge in [0.15, 0.2) is 0 Å². The van der Waals surface area contributed by atoms with E-state index in [2.05, 4.69) is 24.2 Å². The van der Waals surface area contributed by atoms with Crippen molar-refractivity contribution < 1.29 is 0 Å². The molecule has 1 heterocycles. The third kappa shape index (κ3) is 2.59. The van der Waals surface area contributed by atoms with Crippen molar-refractivity contribution in [2.45, 2.75) is 13.3 Å². The Kier molecular flexibility index (Phi) is 3.90. The van der Waals surface area contributed by atoms with Crippen LogP contribution >= 0.6 is 34.7 Å². The van der Waals surface area contributed by atoms with Gasteiger partial charge in [-0.1, -0.05) is 18.5 Å². The molecule has 0 bridgehead atoms. The van der Waals surface area contributed by atoms with Crippen molar-refractivity contribution in [3.8, 4) is 0 Å². The summed E-state index contributed by atoms with van der Waals surface area (Å²) in [6.07, 6.45) is 5.31. The molecular weight excluding hydrogens is 258 g/mol. The van der Waals surface area contributed by atoms with Gasteiger partial charge in [0.2, 0.25) is 0 Å². The highest BCUT2D eigenvalue weighted by Crippen LogP contribution is 2.28. The normalized spacial score (nSPS) is 12.3. The Morgan fingerprint density at radius 2 is 2.38 bits per heavy atom. The summed E-state index contributed by atoms with van der Waals surface area (Å²) in [6.45, 7) is 2.16. The lowest BCUT2D eigenvalue weighted by Gasteiger charge is -1.95. The zero-order valence-corrected chi connectivity index (χ0v) is 11.5. The van der Waals surface area contributed by atoms with Gasteiger partial charge in [0, 0.05) is 5.02 Å². The van der Waals surface area contributed by atoms with E-state index in [1.165, 1.54) is 9.61 Å². The second kappa shape index (κ2) is 5.21. The summed E-state index contributed by atoms with van der Waals surface area (Å²) < 4.78 is 1.19. The molecule has 0 fully saturated rings. The predicted molar refractivity (Wildman–Crippen MR) is 76.4 cm³/mol. The number of thioether (sulfide) groups is 1. The lowest BCUT2D eigenvalue weighted by molar-refractivity contribution is 1.21. The number of aromatic nitrogens is 1. The van der Waals surface area contributed by atoms with Gasteiger partial charge in [0.05, 0.1) is 10.2 Å². The minimum Gasteiger partial charge on any atom is -0.237 e. The Labute approximate surface area is 109 Å². The van der Waals surface area contributed by atoms with Gasteiger partial charge in [-0.15, -0.1) is 23.1 Å². The lowest BCUT2D eigenvalue weighted by Crippen LogP contribution is -1.74. The van der Waals surface area contributed by atoms with Crippen LogP contribution in [0.25, 0.3) is 16.3 Å². The number of rotatable bonds is 3. The van der Waals surface area contributed by atoms with Gasteiger partial charge in [-0.3, -0.25) is 0 Å². The highest BCUT2D eigenvalue weighted by molar-refractivity contribution is 8.02. The average molecular weight is 270 g/mol. The van der Waals surface area contributed by atoms with E-state index < -0.39 is 0 Å². The first-order valence-electron chi connectivity index (χ1n) is 5.03. The van der Waals surface area contributed by atoms with Crippen molar-refractivity contribution in [1.29, 1.82) is 0 Å². The van der Waals surface area contributed by atoms with E-state index in [1.807, 2.05) is 18.2 Å². The maximum Gasteiger partial charge on any atom is 0.118 e. The lowest BCUT2D eigenvalue weighted by atomic mass is 10.3. The molecule has 16 heavy (non-hydrogen) atoms. The minimum atomic E-state index is 0.744. The average Bonchev–Trinajstić information content (AvgIpc) is 2.67. The highest BCUT2D eigenvalue weighted by Gasteiger charge is 2.03. The topological polar surface area (TPSA) is 12.9 Å². The van der Waals surface area contributed by atoms with Crippen molar-refractivity contribution in [3.05, 3.63) is 33.1 Å². The number of benzene rings is 1. The second-order valence-corrected chi connectivity index (χ2v) is 5.76. The number of nitrogens with zero attached hydrogens (tertiary/aromatic N) is 1. The Morgan fingerprint density at radius 3 is 3.06 bits per heavy atom. The van der Waals surface area contributed by atoms with Crippen LogP contribution in [0.4, 0.5) is 0 Å². The molecule has 4 heteroatoms. The molecule has 2 aromatic rings. The van der Waals surface area contributed by atoms with Crippen LogP contribution in [0.2, 0.25) is 5.02 Å². The van der Waals surface area contributed by atoms with Gasteiger partial charge in [-0.25, -0.2) is 4.98 Å². The summed E-state index contributed by atoms with van der Waals surface area (Å²) in [5.74, 6) is 0. The summed E-state index contributed by atoms with van der Waals surface area (Å²) in [4.78, 5) is 5.91. The summed E-state index contributed by atoms with van der Waals surface area (Å²) in [5.41, 5.74) is 0.986. The van der Waals surface area contributed by atoms with Crippen LogP contribution in [0.15, 0.2) is 23.1 Å². The molecule has 0 aliphatic rings. The van der Waals surface area contributed by atoms with Gasteiger partial charge in [0.25, 0.3) is 0 Å². The minimum absolute atomic E-state index is 0.744. The van der Waals surface area contributed by atoms with Gasteiger partial charge < -0.3 is 0 Å². The molecule has 0 saturated heterocycles. The van der Waals surface area contributed by atoms with Crippen LogP contribution in [0, 0.1) is 0 Å². The first-order chi connectivity index (χ1) is 7.72. The standard InChI is InChI=1S/C12H12ClNS2/c1-3-9(15-2)7-12-14-10-6-8(13)4-5-11(10)16-12/h4-7H,3H2,1-2H3. The maximum atomic E-state index is 5.93. The van der Waals surface area contributed by atoms with Crippen LogP contribution < -0.4 is 0 Å². The van der Waals surface area contributed by atoms with Crippen molar-refractivity contribution in [2.75, 3.05) is 6.26 Å². The van der Waals surface area contributed by atoms with E-state index in [0.29, 0.717) is 0 Å². The van der Waals surface area contributed by atoms with E-state index in [4.69, 9.17) is 11.6 Å². The first-order valence-corrected chi connectivity index (χ1v) is 7.45. The Bertz CT molecular complexity index is 525. The zero-order chi connectivity index (χ0) is 11.5. The van der Waals surface area contributed by atoms with Crippen molar-refractivity contribution >= 4 is 51.0 Å². The molecule has 84 valence electrons. The van der Waals surface area contributed by atoms with Gasteiger partial charge in [-0.05, 0) is 41.9 Å². The fourth-order valence-electron chi connectivity index (χ4n) is 1.42. The summed E-state index contributed by atoms with van der Waals surface area (Å²) in [5, 5.41) is 1.80. The molecule has 0 aliphatic carbocycles. The number of halogens is 1. The van der Waals surface area contributed by atoms with Crippen molar-refractivity contribution in [1.82, 2.24) is 4.98 Å². The molecule has 2 rings (SSSR count). The summed E-state index contributed by atoms with van der Waals surface area (Å²) in [7, 11) is 0. The molecule has 0 saturated carbocycles. The molecule has 1 aromatic heterocycles. The Balaban J connectivity index is 2.43. The number of hydrogen-bond acceptors (Lipinski definition) is 3. The number of allylic oxidation sites excluding steroid dienone is 1. The molecule has 1 aromatic carbocycles. The van der Waals surface area contributed by atoms with Gasteiger partial charge >= 0.3 is 0 Å². The number of hydrogen-bond donors (Lipinski definition) is 0. The smallest absolute Gasteiger partial charge is 0.118 e. The van der Waals surface area contributed by atoms with E-state index in [-0.39, 0.29) is 0 Å². The van der Waals surface area contributed by atoms with Crippen molar-refractivity contribution in [3.63, 3.8) is 0 Å². The fourth-order valence-corrected chi connectivity index (χ4v) is 3.10. The van der Waals surface area contributed by atoms with Crippen LogP contribution in [0.5, 0.6) is 0 Å². The SMILES string of the molecule is CCC(=Cc1nc2cc(Cl)ccc2s1)SC. The molecule has 1 nitrogen and oxygen atoms in total. The van der Waals surface area contributed by atoms with E-state index in [9.17, 15) is 0 Å². The Morgan fingerprint density at radius 1 is 1.56 bits per heavy atom. The summed E-state index contributed by atoms with van der Waals surface area (Å²) >= 11 is 9.42. The fraction of sp³-hybridized carbons (Fsp3) is 0.250. The predicted octanol–water partition coefficient (Wildman–Crippen LogP) is 5.06. The molecule has 0 amide bonds. The molecule has 0 radical (unpaired) electrons. The van der Waals surface area contributed by atoms with E-state index >= 15 is 0 Å². The maximum absolute atomic E-state index is 5.93. The quantitative estimate of drug-likeness (QED) is 0.772. The van der Waals surface area contributed by atoms with Crippen LogP contribution in [0.1, 0.15) is 18.4 Å². The summed E-state index contributed by atoms with van der Waals surface area (Å²) in [6, 6.07) is 5.84. The molecule has 0 atom stereocenters. The Hall–Kier alpha value is -0.510. The molecule has 0 spiro atoms. The molecule has 0 unspecified atom stereocenters. The van der Waals surface area contributed by atoms with Gasteiger partial charge in [-0.2, -0.15) is 0 Å². The van der Waals surface area contributed by atoms with Crippen molar-refractivity contribution in [2.24, 2.45) is 0 Å². The zero-order valence-electron chi connectivity index (χ0n) is 9.16. The third-order valence-electron chi connectivity index (χ3n) is 2.26. The number of fused-ring (bicyclic) bond motifs is 1. The van der Waals surface area contributed by atoms with Crippen LogP contribution in [-0.2, 0) is 0 Å². The number of thiazole rings is 1. The monoisotopic (exact) mass is 269 g/mol. The van der Waals surface area contributed by atoms with Crippen LogP contribution in [-0.4, -0.2) is 11.2 Å². The highest BCUT2D eigenvalue weighted by atomic mass is 35.5. The molecule has 0 N–H and O–H groups in total. The van der Waals surface area contributed by atoms with E-state index in [0.717, 1.165) is 22.0 Å².